The minimum Gasteiger partial charge on any atom is -0.455 e. The molecule has 10 aromatic rings. The van der Waals surface area contributed by atoms with Crippen LogP contribution in [0.5, 0.6) is 0 Å². The maximum atomic E-state index is 6.58. The van der Waals surface area contributed by atoms with Crippen LogP contribution in [-0.2, 0) is 0 Å². The number of hydrogen-bond donors (Lipinski definition) is 0. The topological polar surface area (TPSA) is 52.1 Å². The molecule has 3 heterocycles. The van der Waals surface area contributed by atoms with Crippen LogP contribution in [-0.4, -0.2) is 9.97 Å². The van der Waals surface area contributed by atoms with Crippen LogP contribution in [0.25, 0.3) is 99.7 Å². The Morgan fingerprint density at radius 3 is 1.75 bits per heavy atom. The van der Waals surface area contributed by atoms with Gasteiger partial charge in [-0.3, -0.25) is 0 Å². The highest BCUT2D eigenvalue weighted by atomic mass is 16.3. The maximum Gasteiger partial charge on any atom is 0.180 e. The van der Waals surface area contributed by atoms with Crippen LogP contribution in [0.1, 0.15) is 0 Å². The lowest BCUT2D eigenvalue weighted by Crippen LogP contribution is -1.95. The Bertz CT molecular complexity index is 2830. The van der Waals surface area contributed by atoms with Crippen molar-refractivity contribution in [3.63, 3.8) is 0 Å². The normalized spacial score (nSPS) is 11.8. The van der Waals surface area contributed by atoms with Crippen molar-refractivity contribution in [3.05, 3.63) is 158 Å². The Kier molecular flexibility index (Phi) is 5.84. The van der Waals surface area contributed by atoms with E-state index in [2.05, 4.69) is 127 Å². The molecule has 0 saturated heterocycles. The Balaban J connectivity index is 1.28. The van der Waals surface area contributed by atoms with E-state index in [1.807, 2.05) is 30.3 Å². The van der Waals surface area contributed by atoms with Gasteiger partial charge in [-0.2, -0.15) is 0 Å². The summed E-state index contributed by atoms with van der Waals surface area (Å²) in [5.74, 6) is 0.648. The van der Waals surface area contributed by atoms with E-state index in [4.69, 9.17) is 18.8 Å². The molecule has 4 heteroatoms. The Morgan fingerprint density at radius 2 is 0.958 bits per heavy atom. The van der Waals surface area contributed by atoms with Gasteiger partial charge in [0, 0.05) is 32.7 Å². The zero-order chi connectivity index (χ0) is 31.6. The molecule has 0 spiro atoms. The Morgan fingerprint density at radius 1 is 0.354 bits per heavy atom. The first-order chi connectivity index (χ1) is 23.8. The van der Waals surface area contributed by atoms with E-state index in [9.17, 15) is 0 Å². The molecule has 4 nitrogen and oxygen atoms in total. The summed E-state index contributed by atoms with van der Waals surface area (Å²) in [5, 5.41) is 5.12. The van der Waals surface area contributed by atoms with Gasteiger partial charge >= 0.3 is 0 Å². The lowest BCUT2D eigenvalue weighted by atomic mass is 9.96. The molecule has 0 atom stereocenters. The molecule has 0 amide bonds. The first-order valence-electron chi connectivity index (χ1n) is 16.1. The highest BCUT2D eigenvalue weighted by Gasteiger charge is 2.22. The average molecular weight is 615 g/mol. The molecule has 0 saturated carbocycles. The van der Waals surface area contributed by atoms with Gasteiger partial charge in [-0.15, -0.1) is 0 Å². The number of furan rings is 2. The van der Waals surface area contributed by atoms with E-state index >= 15 is 0 Å². The molecule has 0 aliphatic carbocycles. The molecule has 0 fully saturated rings. The summed E-state index contributed by atoms with van der Waals surface area (Å²) in [6.07, 6.45) is 0. The fourth-order valence-corrected chi connectivity index (χ4v) is 6.98. The molecule has 0 bridgehead atoms. The molecule has 0 unspecified atom stereocenters. The molecule has 48 heavy (non-hydrogen) atoms. The lowest BCUT2D eigenvalue weighted by Gasteiger charge is -2.11. The molecule has 224 valence electrons. The fraction of sp³-hybridized carbons (Fsp3) is 0. The number of hydrogen-bond acceptors (Lipinski definition) is 4. The third kappa shape index (κ3) is 4.16. The second-order valence-corrected chi connectivity index (χ2v) is 12.1. The quantitative estimate of drug-likeness (QED) is 0.198. The summed E-state index contributed by atoms with van der Waals surface area (Å²) in [6.45, 7) is 0. The van der Waals surface area contributed by atoms with Gasteiger partial charge < -0.3 is 8.83 Å². The molecule has 7 aromatic carbocycles. The second-order valence-electron chi connectivity index (χ2n) is 12.1. The predicted molar refractivity (Wildman–Crippen MR) is 196 cm³/mol. The number of aromatic nitrogens is 2. The van der Waals surface area contributed by atoms with E-state index in [0.717, 1.165) is 88.3 Å². The van der Waals surface area contributed by atoms with Gasteiger partial charge in [0.25, 0.3) is 0 Å². The van der Waals surface area contributed by atoms with Gasteiger partial charge in [-0.05, 0) is 64.0 Å². The van der Waals surface area contributed by atoms with Crippen LogP contribution in [0.3, 0.4) is 0 Å². The van der Waals surface area contributed by atoms with Crippen molar-refractivity contribution in [2.75, 3.05) is 0 Å². The van der Waals surface area contributed by atoms with E-state index in [0.29, 0.717) is 11.4 Å². The van der Waals surface area contributed by atoms with Crippen LogP contribution in [0.4, 0.5) is 0 Å². The van der Waals surface area contributed by atoms with Crippen LogP contribution in [0, 0.1) is 0 Å². The maximum absolute atomic E-state index is 6.58. The van der Waals surface area contributed by atoms with Crippen molar-refractivity contribution < 1.29 is 8.83 Å². The molecule has 3 aromatic heterocycles. The number of rotatable bonds is 4. The summed E-state index contributed by atoms with van der Waals surface area (Å²) in [7, 11) is 0. The van der Waals surface area contributed by atoms with E-state index in [-0.39, 0.29) is 0 Å². The van der Waals surface area contributed by atoms with Gasteiger partial charge in [0.05, 0.1) is 0 Å². The largest absolute Gasteiger partial charge is 0.455 e. The fourth-order valence-electron chi connectivity index (χ4n) is 6.98. The van der Waals surface area contributed by atoms with Crippen molar-refractivity contribution in [2.24, 2.45) is 0 Å². The molecule has 0 aliphatic heterocycles. The number of para-hydroxylation sites is 1. The van der Waals surface area contributed by atoms with Crippen molar-refractivity contribution in [1.29, 1.82) is 0 Å². The van der Waals surface area contributed by atoms with Crippen molar-refractivity contribution in [3.8, 4) is 44.9 Å². The highest BCUT2D eigenvalue weighted by Crippen LogP contribution is 2.43. The van der Waals surface area contributed by atoms with Gasteiger partial charge in [0.2, 0.25) is 0 Å². The van der Waals surface area contributed by atoms with E-state index < -0.39 is 0 Å². The minimum atomic E-state index is 0.648. The summed E-state index contributed by atoms with van der Waals surface area (Å²) >= 11 is 0. The standard InChI is InChI=1S/C44H26N2O2/c1-3-12-27(13-4-1)29-16-11-17-31(24-29)44-45-40-34-20-9-10-21-38(34)48-43(40)41(46-44)36-26-37-35-25-30(28-14-5-2-6-15-28)22-23-39(35)47-42(37)33-19-8-7-18-32(33)36/h1-26H. The van der Waals surface area contributed by atoms with E-state index in [1.54, 1.807) is 0 Å². The van der Waals surface area contributed by atoms with Crippen LogP contribution in [0.2, 0.25) is 0 Å². The number of nitrogens with zero attached hydrogens (tertiary/aromatic N) is 2. The smallest absolute Gasteiger partial charge is 0.180 e. The van der Waals surface area contributed by atoms with Gasteiger partial charge in [-0.1, -0.05) is 121 Å². The van der Waals surface area contributed by atoms with Crippen molar-refractivity contribution in [2.45, 2.75) is 0 Å². The van der Waals surface area contributed by atoms with Gasteiger partial charge in [-0.25, -0.2) is 9.97 Å². The first kappa shape index (κ1) is 26.7. The van der Waals surface area contributed by atoms with E-state index in [1.165, 1.54) is 0 Å². The minimum absolute atomic E-state index is 0.648. The molecule has 10 rings (SSSR count). The predicted octanol–water partition coefficient (Wildman–Crippen LogP) is 12.1. The third-order valence-corrected chi connectivity index (χ3v) is 9.29. The zero-order valence-corrected chi connectivity index (χ0v) is 25.7. The Labute approximate surface area is 275 Å². The van der Waals surface area contributed by atoms with Gasteiger partial charge in [0.15, 0.2) is 11.4 Å². The molecular formula is C44H26N2O2. The summed E-state index contributed by atoms with van der Waals surface area (Å²) in [5.41, 5.74) is 11.2. The molecular weight excluding hydrogens is 588 g/mol. The monoisotopic (exact) mass is 614 g/mol. The second kappa shape index (κ2) is 10.5. The zero-order valence-electron chi connectivity index (χ0n) is 25.7. The average Bonchev–Trinajstić information content (AvgIpc) is 3.73. The summed E-state index contributed by atoms with van der Waals surface area (Å²) in [6, 6.07) is 54.4. The molecule has 0 radical (unpaired) electrons. The highest BCUT2D eigenvalue weighted by molar-refractivity contribution is 6.21. The lowest BCUT2D eigenvalue weighted by molar-refractivity contribution is 0.667. The third-order valence-electron chi connectivity index (χ3n) is 9.29. The van der Waals surface area contributed by atoms with Gasteiger partial charge in [0.1, 0.15) is 28.0 Å². The molecule has 0 N–H and O–H groups in total. The summed E-state index contributed by atoms with van der Waals surface area (Å²) in [4.78, 5) is 10.5. The van der Waals surface area contributed by atoms with Crippen LogP contribution < -0.4 is 0 Å². The van der Waals surface area contributed by atoms with Crippen molar-refractivity contribution in [1.82, 2.24) is 9.97 Å². The SMILES string of the molecule is c1ccc(-c2cccc(-c3nc(-c4cc5c6cc(-c7ccccc7)ccc6oc5c5ccccc45)c4oc5ccccc5c4n3)c2)cc1. The summed E-state index contributed by atoms with van der Waals surface area (Å²) < 4.78 is 13.2. The van der Waals surface area contributed by atoms with Crippen LogP contribution in [0.15, 0.2) is 167 Å². The van der Waals surface area contributed by atoms with Crippen molar-refractivity contribution >= 4 is 54.8 Å². The number of fused-ring (bicyclic) bond motifs is 8. The number of benzene rings is 7. The first-order valence-corrected chi connectivity index (χ1v) is 16.1. The van der Waals surface area contributed by atoms with Crippen LogP contribution >= 0.6 is 0 Å². The Hall–Kier alpha value is -6.52. The molecule has 0 aliphatic rings.